The standard InChI is InChI=1S/C15H19N3O3S/c1-21-15(20)9-5-4-8-16-12(9)18-13(19)14-17-10-6-2-3-7-11(10)22-14/h2-3,6-7,9,12,14,16-17H,4-5,8H2,1H3,(H,18,19). The molecule has 22 heavy (non-hydrogen) atoms. The summed E-state index contributed by atoms with van der Waals surface area (Å²) in [4.78, 5) is 25.3. The molecule has 3 atom stereocenters. The number of para-hydroxylation sites is 1. The highest BCUT2D eigenvalue weighted by Gasteiger charge is 2.35. The van der Waals surface area contributed by atoms with Crippen LogP contribution in [0.1, 0.15) is 12.8 Å². The minimum atomic E-state index is -0.376. The molecule has 2 aliphatic rings. The number of benzene rings is 1. The SMILES string of the molecule is COC(=O)C1CCCNC1NC(=O)C1Nc2ccccc2S1. The van der Waals surface area contributed by atoms with Crippen molar-refractivity contribution in [3.8, 4) is 0 Å². The molecule has 0 saturated carbocycles. The van der Waals surface area contributed by atoms with Gasteiger partial charge < -0.3 is 15.4 Å². The first-order chi connectivity index (χ1) is 10.7. The lowest BCUT2D eigenvalue weighted by Crippen LogP contribution is -2.57. The minimum absolute atomic E-state index is 0.130. The number of fused-ring (bicyclic) bond motifs is 1. The number of thioether (sulfide) groups is 1. The maximum absolute atomic E-state index is 12.5. The van der Waals surface area contributed by atoms with Crippen molar-refractivity contribution in [1.82, 2.24) is 10.6 Å². The van der Waals surface area contributed by atoms with Crippen LogP contribution >= 0.6 is 11.8 Å². The normalized spacial score (nSPS) is 26.7. The van der Waals surface area contributed by atoms with E-state index in [1.165, 1.54) is 18.9 Å². The highest BCUT2D eigenvalue weighted by atomic mass is 32.2. The van der Waals surface area contributed by atoms with Crippen molar-refractivity contribution in [3.05, 3.63) is 24.3 Å². The Morgan fingerprint density at radius 2 is 2.18 bits per heavy atom. The third-order valence-corrected chi connectivity index (χ3v) is 5.09. The van der Waals surface area contributed by atoms with Gasteiger partial charge in [-0.1, -0.05) is 23.9 Å². The molecular weight excluding hydrogens is 302 g/mol. The van der Waals surface area contributed by atoms with Crippen LogP contribution in [0.25, 0.3) is 0 Å². The Morgan fingerprint density at radius 3 is 2.95 bits per heavy atom. The Kier molecular flexibility index (Phi) is 4.54. The van der Waals surface area contributed by atoms with Gasteiger partial charge in [-0.3, -0.25) is 14.9 Å². The quantitative estimate of drug-likeness (QED) is 0.725. The van der Waals surface area contributed by atoms with Gasteiger partial charge in [-0.15, -0.1) is 0 Å². The minimum Gasteiger partial charge on any atom is -0.469 e. The summed E-state index contributed by atoms with van der Waals surface area (Å²) in [6.45, 7) is 0.782. The smallest absolute Gasteiger partial charge is 0.312 e. The summed E-state index contributed by atoms with van der Waals surface area (Å²) in [5.74, 6) is -0.751. The number of anilines is 1. The Morgan fingerprint density at radius 1 is 1.36 bits per heavy atom. The van der Waals surface area contributed by atoms with E-state index in [0.717, 1.165) is 30.0 Å². The monoisotopic (exact) mass is 321 g/mol. The number of rotatable bonds is 3. The molecule has 3 N–H and O–H groups in total. The number of hydrogen-bond donors (Lipinski definition) is 3. The molecule has 1 saturated heterocycles. The number of carbonyl (C=O) groups excluding carboxylic acids is 2. The average molecular weight is 321 g/mol. The van der Waals surface area contributed by atoms with Crippen molar-refractivity contribution in [3.63, 3.8) is 0 Å². The van der Waals surface area contributed by atoms with E-state index in [9.17, 15) is 9.59 Å². The molecule has 1 aromatic carbocycles. The highest BCUT2D eigenvalue weighted by molar-refractivity contribution is 8.01. The molecule has 1 amide bonds. The second kappa shape index (κ2) is 6.58. The van der Waals surface area contributed by atoms with Gasteiger partial charge in [0.2, 0.25) is 0 Å². The van der Waals surface area contributed by atoms with E-state index in [1.54, 1.807) is 0 Å². The molecule has 2 aliphatic heterocycles. The van der Waals surface area contributed by atoms with Crippen LogP contribution in [-0.2, 0) is 14.3 Å². The third kappa shape index (κ3) is 3.05. The summed E-state index contributed by atoms with van der Waals surface area (Å²) in [5.41, 5.74) is 0.966. The van der Waals surface area contributed by atoms with Crippen LogP contribution in [0.4, 0.5) is 5.69 Å². The zero-order valence-electron chi connectivity index (χ0n) is 12.3. The lowest BCUT2D eigenvalue weighted by atomic mass is 9.96. The summed E-state index contributed by atoms with van der Waals surface area (Å²) in [7, 11) is 1.38. The molecule has 3 rings (SSSR count). The number of methoxy groups -OCH3 is 1. The molecule has 7 heteroatoms. The number of hydrogen-bond acceptors (Lipinski definition) is 6. The summed E-state index contributed by atoms with van der Waals surface area (Å²) < 4.78 is 4.83. The predicted octanol–water partition coefficient (Wildman–Crippen LogP) is 1.15. The highest BCUT2D eigenvalue weighted by Crippen LogP contribution is 2.38. The lowest BCUT2D eigenvalue weighted by Gasteiger charge is -2.31. The molecule has 3 unspecified atom stereocenters. The van der Waals surface area contributed by atoms with Crippen LogP contribution in [0, 0.1) is 5.92 Å². The number of ether oxygens (including phenoxy) is 1. The Labute approximate surface area is 133 Å². The Bertz CT molecular complexity index is 556. The number of carbonyl (C=O) groups is 2. The summed E-state index contributed by atoms with van der Waals surface area (Å²) in [6.07, 6.45) is 1.24. The van der Waals surface area contributed by atoms with Gasteiger partial charge >= 0.3 is 5.97 Å². The predicted molar refractivity (Wildman–Crippen MR) is 84.4 cm³/mol. The first kappa shape index (κ1) is 15.2. The van der Waals surface area contributed by atoms with Crippen LogP contribution in [-0.4, -0.2) is 37.1 Å². The van der Waals surface area contributed by atoms with Crippen LogP contribution in [0.2, 0.25) is 0 Å². The van der Waals surface area contributed by atoms with Crippen molar-refractivity contribution >= 4 is 29.3 Å². The van der Waals surface area contributed by atoms with Crippen LogP contribution in [0.15, 0.2) is 29.2 Å². The number of amides is 1. The summed E-state index contributed by atoms with van der Waals surface area (Å²) in [5, 5.41) is 8.93. The van der Waals surface area contributed by atoms with Crippen molar-refractivity contribution in [1.29, 1.82) is 0 Å². The summed E-state index contributed by atoms with van der Waals surface area (Å²) in [6, 6.07) is 7.81. The molecule has 1 aromatic rings. The van der Waals surface area contributed by atoms with Crippen LogP contribution in [0.3, 0.4) is 0 Å². The fourth-order valence-corrected chi connectivity index (χ4v) is 3.81. The van der Waals surface area contributed by atoms with E-state index >= 15 is 0 Å². The molecule has 0 bridgehead atoms. The van der Waals surface area contributed by atoms with E-state index < -0.39 is 0 Å². The fourth-order valence-electron chi connectivity index (χ4n) is 2.78. The molecule has 0 spiro atoms. The van der Waals surface area contributed by atoms with E-state index in [4.69, 9.17) is 4.74 Å². The van der Waals surface area contributed by atoms with Crippen molar-refractivity contribution in [2.45, 2.75) is 29.3 Å². The molecule has 2 heterocycles. The van der Waals surface area contributed by atoms with Gasteiger partial charge in [-0.05, 0) is 31.5 Å². The average Bonchev–Trinajstić information content (AvgIpc) is 2.99. The van der Waals surface area contributed by atoms with E-state index in [-0.39, 0.29) is 29.3 Å². The molecule has 0 radical (unpaired) electrons. The maximum Gasteiger partial charge on any atom is 0.312 e. The van der Waals surface area contributed by atoms with Gasteiger partial charge in [0.15, 0.2) is 5.37 Å². The van der Waals surface area contributed by atoms with E-state index in [0.29, 0.717) is 0 Å². The topological polar surface area (TPSA) is 79.5 Å². The van der Waals surface area contributed by atoms with Gasteiger partial charge in [0.05, 0.1) is 19.2 Å². The largest absolute Gasteiger partial charge is 0.469 e. The zero-order chi connectivity index (χ0) is 15.5. The third-order valence-electron chi connectivity index (χ3n) is 3.92. The second-order valence-electron chi connectivity index (χ2n) is 5.35. The van der Waals surface area contributed by atoms with Crippen LogP contribution in [0.5, 0.6) is 0 Å². The fraction of sp³-hybridized carbons (Fsp3) is 0.467. The second-order valence-corrected chi connectivity index (χ2v) is 6.50. The zero-order valence-corrected chi connectivity index (χ0v) is 13.1. The van der Waals surface area contributed by atoms with Gasteiger partial charge in [0.25, 0.3) is 5.91 Å². The van der Waals surface area contributed by atoms with Crippen LogP contribution < -0.4 is 16.0 Å². The molecule has 6 nitrogen and oxygen atoms in total. The van der Waals surface area contributed by atoms with Gasteiger partial charge in [-0.2, -0.15) is 0 Å². The summed E-state index contributed by atoms with van der Waals surface area (Å²) >= 11 is 1.48. The van der Waals surface area contributed by atoms with Crippen molar-refractivity contribution in [2.24, 2.45) is 5.92 Å². The van der Waals surface area contributed by atoms with Gasteiger partial charge in [-0.25, -0.2) is 0 Å². The molecular formula is C15H19N3O3S. The van der Waals surface area contributed by atoms with Gasteiger partial charge in [0, 0.05) is 10.6 Å². The molecule has 1 fully saturated rings. The maximum atomic E-state index is 12.5. The van der Waals surface area contributed by atoms with E-state index in [2.05, 4.69) is 16.0 Å². The van der Waals surface area contributed by atoms with Crippen molar-refractivity contribution < 1.29 is 14.3 Å². The number of nitrogens with one attached hydrogen (secondary N) is 3. The van der Waals surface area contributed by atoms with Crippen molar-refractivity contribution in [2.75, 3.05) is 19.0 Å². The Hall–Kier alpha value is -1.73. The first-order valence-corrected chi connectivity index (χ1v) is 8.21. The van der Waals surface area contributed by atoms with E-state index in [1.807, 2.05) is 24.3 Å². The van der Waals surface area contributed by atoms with Gasteiger partial charge in [0.1, 0.15) is 0 Å². The molecule has 0 aromatic heterocycles. The first-order valence-electron chi connectivity index (χ1n) is 7.33. The lowest BCUT2D eigenvalue weighted by molar-refractivity contribution is -0.148. The number of esters is 1. The molecule has 118 valence electrons. The Balaban J connectivity index is 1.63. The number of piperidine rings is 1. The molecule has 0 aliphatic carbocycles.